The lowest BCUT2D eigenvalue weighted by atomic mass is 9.90. The topological polar surface area (TPSA) is 66.8 Å². The van der Waals surface area contributed by atoms with Gasteiger partial charge in [-0.1, -0.05) is 78.9 Å². The molecule has 4 rings (SSSR count). The second-order valence-corrected chi connectivity index (χ2v) is 7.75. The molecule has 0 bridgehead atoms. The molecule has 1 atom stereocenters. The minimum absolute atomic E-state index is 0.142. The number of fused-ring (bicyclic) bond motifs is 1. The molecule has 0 aromatic heterocycles. The molecule has 3 aromatic rings. The van der Waals surface area contributed by atoms with Crippen LogP contribution >= 0.6 is 0 Å². The molecule has 0 saturated heterocycles. The first-order valence-corrected chi connectivity index (χ1v) is 10.5. The molecule has 1 unspecified atom stereocenters. The lowest BCUT2D eigenvalue weighted by molar-refractivity contribution is -0.146. The summed E-state index contributed by atoms with van der Waals surface area (Å²) in [7, 11) is 0. The maximum atomic E-state index is 13.2. The lowest BCUT2D eigenvalue weighted by Crippen LogP contribution is -2.40. The SMILES string of the molecule is O=C(CCCC1(O)C(=O)N(Cc2ccccc2)c2ccccc21)OCc1ccccc1. The number of nitrogens with zero attached hydrogens (tertiary/aromatic N) is 1. The third-order valence-electron chi connectivity index (χ3n) is 5.59. The van der Waals surface area contributed by atoms with E-state index in [-0.39, 0.29) is 31.3 Å². The number of carbonyl (C=O) groups is 2. The molecule has 3 aromatic carbocycles. The standard InChI is InChI=1S/C26H25NO4/c28-24(31-19-21-12-5-2-6-13-21)16-9-17-26(30)22-14-7-8-15-23(22)27(25(26)29)18-20-10-3-1-4-11-20/h1-8,10-15,30H,9,16-19H2. The maximum absolute atomic E-state index is 13.2. The Morgan fingerprint density at radius 3 is 2.19 bits per heavy atom. The van der Waals surface area contributed by atoms with Crippen molar-refractivity contribution in [1.29, 1.82) is 0 Å². The van der Waals surface area contributed by atoms with Gasteiger partial charge in [0.15, 0.2) is 5.60 Å². The van der Waals surface area contributed by atoms with Gasteiger partial charge in [-0.3, -0.25) is 9.59 Å². The van der Waals surface area contributed by atoms with Crippen LogP contribution in [0, 0.1) is 0 Å². The summed E-state index contributed by atoms with van der Waals surface area (Å²) in [6.07, 6.45) is 0.654. The summed E-state index contributed by atoms with van der Waals surface area (Å²) in [5.74, 6) is -0.692. The average molecular weight is 415 g/mol. The van der Waals surface area contributed by atoms with Gasteiger partial charge in [0.25, 0.3) is 5.91 Å². The van der Waals surface area contributed by atoms with Crippen LogP contribution in [-0.4, -0.2) is 17.0 Å². The molecule has 1 amide bonds. The highest BCUT2D eigenvalue weighted by Crippen LogP contribution is 2.43. The number of anilines is 1. The summed E-state index contributed by atoms with van der Waals surface area (Å²) in [5, 5.41) is 11.3. The van der Waals surface area contributed by atoms with Crippen LogP contribution in [-0.2, 0) is 33.1 Å². The fourth-order valence-corrected chi connectivity index (χ4v) is 3.97. The summed E-state index contributed by atoms with van der Waals surface area (Å²) >= 11 is 0. The van der Waals surface area contributed by atoms with Crippen molar-refractivity contribution >= 4 is 17.6 Å². The molecule has 158 valence electrons. The predicted molar refractivity (Wildman–Crippen MR) is 118 cm³/mol. The van der Waals surface area contributed by atoms with E-state index in [0.29, 0.717) is 24.2 Å². The van der Waals surface area contributed by atoms with Crippen LogP contribution in [0.3, 0.4) is 0 Å². The Morgan fingerprint density at radius 1 is 0.871 bits per heavy atom. The van der Waals surface area contributed by atoms with Gasteiger partial charge < -0.3 is 14.7 Å². The van der Waals surface area contributed by atoms with E-state index in [9.17, 15) is 14.7 Å². The van der Waals surface area contributed by atoms with Gasteiger partial charge >= 0.3 is 5.97 Å². The lowest BCUT2D eigenvalue weighted by Gasteiger charge is -2.23. The molecule has 0 fully saturated rings. The van der Waals surface area contributed by atoms with Crippen molar-refractivity contribution in [2.75, 3.05) is 4.90 Å². The van der Waals surface area contributed by atoms with Crippen LogP contribution in [0.1, 0.15) is 36.0 Å². The van der Waals surface area contributed by atoms with Gasteiger partial charge in [-0.05, 0) is 30.0 Å². The summed E-state index contributed by atoms with van der Waals surface area (Å²) in [5.41, 5.74) is 1.58. The number of ether oxygens (including phenoxy) is 1. The quantitative estimate of drug-likeness (QED) is 0.556. The van der Waals surface area contributed by atoms with Crippen molar-refractivity contribution in [3.63, 3.8) is 0 Å². The van der Waals surface area contributed by atoms with E-state index in [1.165, 1.54) is 0 Å². The Hall–Kier alpha value is -3.44. The number of para-hydroxylation sites is 1. The van der Waals surface area contributed by atoms with E-state index in [2.05, 4.69) is 0 Å². The summed E-state index contributed by atoms with van der Waals surface area (Å²) in [4.78, 5) is 27.0. The van der Waals surface area contributed by atoms with Gasteiger partial charge in [-0.15, -0.1) is 0 Å². The van der Waals surface area contributed by atoms with E-state index in [1.54, 1.807) is 11.0 Å². The van der Waals surface area contributed by atoms with Crippen molar-refractivity contribution in [3.8, 4) is 0 Å². The molecule has 1 aliphatic heterocycles. The molecule has 0 saturated carbocycles. The van der Waals surface area contributed by atoms with Crippen LogP contribution in [0.2, 0.25) is 0 Å². The minimum atomic E-state index is -1.63. The molecular weight excluding hydrogens is 390 g/mol. The van der Waals surface area contributed by atoms with E-state index in [1.807, 2.05) is 78.9 Å². The van der Waals surface area contributed by atoms with Gasteiger partial charge in [-0.2, -0.15) is 0 Å². The Labute approximate surface area is 181 Å². The largest absolute Gasteiger partial charge is 0.461 e. The van der Waals surface area contributed by atoms with Crippen LogP contribution < -0.4 is 4.90 Å². The summed E-state index contributed by atoms with van der Waals surface area (Å²) in [6, 6.07) is 26.5. The third-order valence-corrected chi connectivity index (χ3v) is 5.59. The molecule has 1 N–H and O–H groups in total. The summed E-state index contributed by atoms with van der Waals surface area (Å²) in [6.45, 7) is 0.606. The van der Waals surface area contributed by atoms with Gasteiger partial charge in [0.05, 0.1) is 12.2 Å². The molecule has 0 spiro atoms. The molecule has 1 aliphatic rings. The Morgan fingerprint density at radius 2 is 1.48 bits per heavy atom. The molecule has 0 aliphatic carbocycles. The van der Waals surface area contributed by atoms with Gasteiger partial charge in [0.1, 0.15) is 6.61 Å². The molecule has 0 radical (unpaired) electrons. The second-order valence-electron chi connectivity index (χ2n) is 7.75. The van der Waals surface area contributed by atoms with Crippen LogP contribution in [0.4, 0.5) is 5.69 Å². The van der Waals surface area contributed by atoms with Crippen molar-refractivity contribution in [2.24, 2.45) is 0 Å². The fourth-order valence-electron chi connectivity index (χ4n) is 3.97. The molecule has 5 nitrogen and oxygen atoms in total. The van der Waals surface area contributed by atoms with Crippen molar-refractivity contribution in [3.05, 3.63) is 102 Å². The second kappa shape index (κ2) is 9.14. The number of benzene rings is 3. The number of hydrogen-bond donors (Lipinski definition) is 1. The predicted octanol–water partition coefficient (Wildman–Crippen LogP) is 4.33. The normalized spacial score (nSPS) is 17.5. The van der Waals surface area contributed by atoms with Gasteiger partial charge in [-0.25, -0.2) is 0 Å². The zero-order valence-corrected chi connectivity index (χ0v) is 17.2. The van der Waals surface area contributed by atoms with E-state index in [0.717, 1.165) is 11.1 Å². The number of aliphatic hydroxyl groups is 1. The maximum Gasteiger partial charge on any atom is 0.306 e. The van der Waals surface area contributed by atoms with E-state index >= 15 is 0 Å². The number of amides is 1. The monoisotopic (exact) mass is 415 g/mol. The fraction of sp³-hybridized carbons (Fsp3) is 0.231. The first-order chi connectivity index (χ1) is 15.1. The highest BCUT2D eigenvalue weighted by atomic mass is 16.5. The molecular formula is C26H25NO4. The van der Waals surface area contributed by atoms with E-state index < -0.39 is 5.60 Å². The average Bonchev–Trinajstić information content (AvgIpc) is 3.01. The Bertz CT molecular complexity index is 1050. The first kappa shape index (κ1) is 20.8. The smallest absolute Gasteiger partial charge is 0.306 e. The molecule has 1 heterocycles. The molecule has 5 heteroatoms. The zero-order valence-electron chi connectivity index (χ0n) is 17.2. The Balaban J connectivity index is 1.40. The molecule has 31 heavy (non-hydrogen) atoms. The minimum Gasteiger partial charge on any atom is -0.461 e. The Kier molecular flexibility index (Phi) is 6.14. The number of carbonyl (C=O) groups excluding carboxylic acids is 2. The number of esters is 1. The van der Waals surface area contributed by atoms with Crippen LogP contribution in [0.25, 0.3) is 0 Å². The zero-order chi connectivity index (χ0) is 21.7. The highest BCUT2D eigenvalue weighted by Gasteiger charge is 2.49. The van der Waals surface area contributed by atoms with Gasteiger partial charge in [0.2, 0.25) is 0 Å². The van der Waals surface area contributed by atoms with Crippen LogP contribution in [0.15, 0.2) is 84.9 Å². The number of hydrogen-bond acceptors (Lipinski definition) is 4. The number of rotatable bonds is 8. The van der Waals surface area contributed by atoms with Gasteiger partial charge in [0, 0.05) is 12.0 Å². The third kappa shape index (κ3) is 4.52. The highest BCUT2D eigenvalue weighted by molar-refractivity contribution is 6.06. The van der Waals surface area contributed by atoms with Crippen molar-refractivity contribution in [2.45, 2.75) is 38.0 Å². The summed E-state index contributed by atoms with van der Waals surface area (Å²) < 4.78 is 5.31. The van der Waals surface area contributed by atoms with Crippen LogP contribution in [0.5, 0.6) is 0 Å². The van der Waals surface area contributed by atoms with E-state index in [4.69, 9.17) is 4.74 Å². The first-order valence-electron chi connectivity index (χ1n) is 10.5. The van der Waals surface area contributed by atoms with Crippen molar-refractivity contribution < 1.29 is 19.4 Å². The van der Waals surface area contributed by atoms with Crippen molar-refractivity contribution in [1.82, 2.24) is 0 Å².